The highest BCUT2D eigenvalue weighted by Crippen LogP contribution is 2.38. The zero-order valence-electron chi connectivity index (χ0n) is 15.9. The molecule has 1 N–H and O–H groups in total. The Bertz CT molecular complexity index is 895. The fourth-order valence-electron chi connectivity index (χ4n) is 3.48. The van der Waals surface area contributed by atoms with Gasteiger partial charge < -0.3 is 5.32 Å². The van der Waals surface area contributed by atoms with Crippen LogP contribution in [0.4, 0.5) is 5.13 Å². The van der Waals surface area contributed by atoms with Crippen molar-refractivity contribution in [2.75, 3.05) is 24.2 Å². The van der Waals surface area contributed by atoms with E-state index in [0.717, 1.165) is 16.1 Å². The van der Waals surface area contributed by atoms with Gasteiger partial charge in [0.25, 0.3) is 0 Å². The predicted octanol–water partition coefficient (Wildman–Crippen LogP) is 3.08. The number of amides is 1. The van der Waals surface area contributed by atoms with Crippen molar-refractivity contribution in [1.82, 2.24) is 9.29 Å². The van der Waals surface area contributed by atoms with Crippen LogP contribution >= 0.6 is 11.3 Å². The molecule has 1 fully saturated rings. The van der Waals surface area contributed by atoms with Gasteiger partial charge in [-0.1, -0.05) is 30.3 Å². The highest BCUT2D eigenvalue weighted by Gasteiger charge is 2.44. The SMILES string of the molecule is CCS(=O)(=O)N1CCC(C(=O)Nc2nc(C)c(C)s2)(c2ccccc2)CC1. The number of piperidine rings is 1. The normalized spacial score (nSPS) is 17.6. The van der Waals surface area contributed by atoms with Gasteiger partial charge in [0.05, 0.1) is 16.9 Å². The molecule has 146 valence electrons. The molecule has 2 heterocycles. The molecular formula is C19H25N3O3S2. The van der Waals surface area contributed by atoms with Crippen molar-refractivity contribution in [2.45, 2.75) is 39.0 Å². The van der Waals surface area contributed by atoms with Crippen LogP contribution in [0, 0.1) is 13.8 Å². The number of carbonyl (C=O) groups excluding carboxylic acids is 1. The van der Waals surface area contributed by atoms with E-state index in [2.05, 4.69) is 10.3 Å². The molecule has 0 radical (unpaired) electrons. The second kappa shape index (κ2) is 7.69. The number of nitrogens with zero attached hydrogens (tertiary/aromatic N) is 2. The summed E-state index contributed by atoms with van der Waals surface area (Å²) in [6.07, 6.45) is 0.900. The maximum atomic E-state index is 13.3. The Morgan fingerprint density at radius 3 is 2.37 bits per heavy atom. The second-order valence-electron chi connectivity index (χ2n) is 6.86. The summed E-state index contributed by atoms with van der Waals surface area (Å²) in [4.78, 5) is 18.8. The Morgan fingerprint density at radius 1 is 1.22 bits per heavy atom. The lowest BCUT2D eigenvalue weighted by atomic mass is 9.72. The molecule has 27 heavy (non-hydrogen) atoms. The number of thiazole rings is 1. The molecule has 1 aliphatic heterocycles. The standard InChI is InChI=1S/C19H25N3O3S2/c1-4-27(24,25)22-12-10-19(11-13-22,16-8-6-5-7-9-16)17(23)21-18-20-14(2)15(3)26-18/h5-9H,4,10-13H2,1-3H3,(H,20,21,23). The first-order chi connectivity index (χ1) is 12.8. The Labute approximate surface area is 164 Å². The number of benzene rings is 1. The minimum Gasteiger partial charge on any atom is -0.301 e. The Balaban J connectivity index is 1.89. The van der Waals surface area contributed by atoms with E-state index in [1.165, 1.54) is 15.6 Å². The van der Waals surface area contributed by atoms with Crippen molar-refractivity contribution in [1.29, 1.82) is 0 Å². The molecule has 1 amide bonds. The fraction of sp³-hybridized carbons (Fsp3) is 0.474. The van der Waals surface area contributed by atoms with Crippen molar-refractivity contribution in [2.24, 2.45) is 0 Å². The molecular weight excluding hydrogens is 382 g/mol. The fourth-order valence-corrected chi connectivity index (χ4v) is 5.39. The number of hydrogen-bond acceptors (Lipinski definition) is 5. The summed E-state index contributed by atoms with van der Waals surface area (Å²) in [6.45, 7) is 6.23. The number of aromatic nitrogens is 1. The number of anilines is 1. The largest absolute Gasteiger partial charge is 0.301 e. The second-order valence-corrected chi connectivity index (χ2v) is 10.3. The molecule has 1 aromatic carbocycles. The maximum absolute atomic E-state index is 13.3. The number of hydrogen-bond donors (Lipinski definition) is 1. The summed E-state index contributed by atoms with van der Waals surface area (Å²) in [5, 5.41) is 3.57. The molecule has 0 atom stereocenters. The first-order valence-corrected chi connectivity index (χ1v) is 11.5. The van der Waals surface area contributed by atoms with E-state index in [-0.39, 0.29) is 11.7 Å². The molecule has 1 saturated heterocycles. The summed E-state index contributed by atoms with van der Waals surface area (Å²) in [7, 11) is -3.25. The third-order valence-corrected chi connectivity index (χ3v) is 8.21. The molecule has 0 aliphatic carbocycles. The van der Waals surface area contributed by atoms with E-state index in [4.69, 9.17) is 0 Å². The van der Waals surface area contributed by atoms with E-state index in [0.29, 0.717) is 31.1 Å². The third-order valence-electron chi connectivity index (χ3n) is 5.34. The van der Waals surface area contributed by atoms with Gasteiger partial charge >= 0.3 is 0 Å². The van der Waals surface area contributed by atoms with Gasteiger partial charge in [0.2, 0.25) is 15.9 Å². The Hall–Kier alpha value is -1.77. The number of rotatable bonds is 5. The zero-order valence-corrected chi connectivity index (χ0v) is 17.5. The van der Waals surface area contributed by atoms with Crippen LogP contribution in [-0.2, 0) is 20.2 Å². The highest BCUT2D eigenvalue weighted by molar-refractivity contribution is 7.89. The van der Waals surface area contributed by atoms with E-state index < -0.39 is 15.4 Å². The number of nitrogens with one attached hydrogen (secondary N) is 1. The van der Waals surface area contributed by atoms with Gasteiger partial charge in [-0.15, -0.1) is 11.3 Å². The van der Waals surface area contributed by atoms with Gasteiger partial charge in [-0.3, -0.25) is 4.79 Å². The maximum Gasteiger partial charge on any atom is 0.236 e. The van der Waals surface area contributed by atoms with Crippen molar-refractivity contribution in [3.8, 4) is 0 Å². The van der Waals surface area contributed by atoms with Crippen LogP contribution in [0.5, 0.6) is 0 Å². The lowest BCUT2D eigenvalue weighted by Crippen LogP contribution is -2.51. The van der Waals surface area contributed by atoms with Crippen LogP contribution in [0.2, 0.25) is 0 Å². The van der Waals surface area contributed by atoms with Crippen LogP contribution in [0.15, 0.2) is 30.3 Å². The van der Waals surface area contributed by atoms with Gasteiger partial charge in [0.15, 0.2) is 5.13 Å². The van der Waals surface area contributed by atoms with Gasteiger partial charge in [-0.25, -0.2) is 17.7 Å². The number of carbonyl (C=O) groups is 1. The average Bonchev–Trinajstić information content (AvgIpc) is 2.99. The van der Waals surface area contributed by atoms with Crippen molar-refractivity contribution < 1.29 is 13.2 Å². The minimum atomic E-state index is -3.25. The van der Waals surface area contributed by atoms with Gasteiger partial charge in [0, 0.05) is 18.0 Å². The van der Waals surface area contributed by atoms with Crippen LogP contribution in [0.1, 0.15) is 35.9 Å². The molecule has 0 bridgehead atoms. The van der Waals surface area contributed by atoms with Crippen LogP contribution in [0.3, 0.4) is 0 Å². The van der Waals surface area contributed by atoms with Crippen LogP contribution in [0.25, 0.3) is 0 Å². The van der Waals surface area contributed by atoms with Crippen LogP contribution < -0.4 is 5.32 Å². The Morgan fingerprint density at radius 2 is 1.85 bits per heavy atom. The molecule has 6 nitrogen and oxygen atoms in total. The smallest absolute Gasteiger partial charge is 0.236 e. The van der Waals surface area contributed by atoms with Gasteiger partial charge in [-0.2, -0.15) is 0 Å². The summed E-state index contributed by atoms with van der Waals surface area (Å²) < 4.78 is 25.9. The molecule has 1 aromatic heterocycles. The Kier molecular flexibility index (Phi) is 5.69. The van der Waals surface area contributed by atoms with Crippen LogP contribution in [-0.4, -0.2) is 42.5 Å². The molecule has 8 heteroatoms. The van der Waals surface area contributed by atoms with Crippen molar-refractivity contribution in [3.63, 3.8) is 0 Å². The predicted molar refractivity (Wildman–Crippen MR) is 109 cm³/mol. The van der Waals surface area contributed by atoms with E-state index in [1.54, 1.807) is 6.92 Å². The van der Waals surface area contributed by atoms with Gasteiger partial charge in [0.1, 0.15) is 0 Å². The van der Waals surface area contributed by atoms with Crippen molar-refractivity contribution in [3.05, 3.63) is 46.5 Å². The highest BCUT2D eigenvalue weighted by atomic mass is 32.2. The van der Waals surface area contributed by atoms with E-state index >= 15 is 0 Å². The van der Waals surface area contributed by atoms with E-state index in [9.17, 15) is 13.2 Å². The lowest BCUT2D eigenvalue weighted by Gasteiger charge is -2.40. The first kappa shape index (κ1) is 20.0. The summed E-state index contributed by atoms with van der Waals surface area (Å²) >= 11 is 1.46. The number of sulfonamides is 1. The molecule has 1 aliphatic rings. The molecule has 2 aromatic rings. The van der Waals surface area contributed by atoms with Crippen molar-refractivity contribution >= 4 is 32.4 Å². The van der Waals surface area contributed by atoms with Gasteiger partial charge in [-0.05, 0) is 39.2 Å². The molecule has 0 saturated carbocycles. The monoisotopic (exact) mass is 407 g/mol. The summed E-state index contributed by atoms with van der Waals surface area (Å²) in [5.41, 5.74) is 1.07. The summed E-state index contributed by atoms with van der Waals surface area (Å²) in [6, 6.07) is 9.64. The minimum absolute atomic E-state index is 0.0786. The zero-order chi connectivity index (χ0) is 19.7. The molecule has 3 rings (SSSR count). The number of aryl methyl sites for hydroxylation is 2. The lowest BCUT2D eigenvalue weighted by molar-refractivity contribution is -0.123. The van der Waals surface area contributed by atoms with E-state index in [1.807, 2.05) is 44.2 Å². The quantitative estimate of drug-likeness (QED) is 0.826. The topological polar surface area (TPSA) is 79.4 Å². The summed E-state index contributed by atoms with van der Waals surface area (Å²) in [5.74, 6) is -0.0362. The molecule has 0 unspecified atom stereocenters. The third kappa shape index (κ3) is 3.93. The molecule has 0 spiro atoms. The first-order valence-electron chi connectivity index (χ1n) is 9.07. The average molecular weight is 408 g/mol.